The third-order valence-electron chi connectivity index (χ3n) is 10.7. The van der Waals surface area contributed by atoms with Gasteiger partial charge in [0.15, 0.2) is 0 Å². The van der Waals surface area contributed by atoms with Crippen LogP contribution in [0, 0.1) is 23.2 Å². The zero-order chi connectivity index (χ0) is 31.3. The van der Waals surface area contributed by atoms with Gasteiger partial charge in [-0.1, -0.05) is 65.0 Å². The van der Waals surface area contributed by atoms with E-state index in [1.54, 1.807) is 63.1 Å². The number of methoxy groups -OCH3 is 1. The Morgan fingerprint density at radius 3 is 2.37 bits per heavy atom. The van der Waals surface area contributed by atoms with Gasteiger partial charge < -0.3 is 15.0 Å². The summed E-state index contributed by atoms with van der Waals surface area (Å²) in [6.07, 6.45) is 3.67. The molecule has 5 atom stereocenters. The van der Waals surface area contributed by atoms with E-state index in [0.717, 1.165) is 23.7 Å². The molecular formula is C34H47N3O5S. The van der Waals surface area contributed by atoms with E-state index in [9.17, 15) is 18.0 Å². The lowest BCUT2D eigenvalue weighted by molar-refractivity contribution is -0.148. The highest BCUT2D eigenvalue weighted by atomic mass is 32.2. The number of hydrogen-bond acceptors (Lipinski definition) is 5. The number of carbonyl (C=O) groups is 2. The average molecular weight is 610 g/mol. The molecule has 4 aliphatic rings. The van der Waals surface area contributed by atoms with Crippen LogP contribution in [0.2, 0.25) is 0 Å². The van der Waals surface area contributed by atoms with Crippen molar-refractivity contribution >= 4 is 21.8 Å². The zero-order valence-corrected chi connectivity index (χ0v) is 27.4. The Morgan fingerprint density at radius 2 is 1.77 bits per heavy atom. The Balaban J connectivity index is 1.36. The summed E-state index contributed by atoms with van der Waals surface area (Å²) in [5.74, 6) is 1.26. The van der Waals surface area contributed by atoms with Crippen LogP contribution in [0.1, 0.15) is 71.9 Å². The number of hydrogen-bond donors (Lipinski definition) is 1. The van der Waals surface area contributed by atoms with Gasteiger partial charge in [-0.05, 0) is 72.6 Å². The standard InChI is InChI=1S/C34H47N3O5S/c1-22(2)32(39)37-23(3)20-36(43(40,41)27-11-9-8-10-12-27)21-28(37)31(38)35-19-24-13-14-26(17-29(24)42-7)34(6)16-15-25-18-30(34)33(25,4)5/h8-14,17,22-23,25,28,30H,15-16,18-21H2,1-7H3,(H,35,38). The molecule has 0 spiro atoms. The van der Waals surface area contributed by atoms with Crippen molar-refractivity contribution in [2.24, 2.45) is 23.2 Å². The summed E-state index contributed by atoms with van der Waals surface area (Å²) in [6.45, 7) is 12.8. The van der Waals surface area contributed by atoms with Crippen LogP contribution in [0.4, 0.5) is 0 Å². The molecular weight excluding hydrogens is 562 g/mol. The van der Waals surface area contributed by atoms with Gasteiger partial charge in [0.05, 0.1) is 12.0 Å². The normalized spacial score (nSPS) is 28.7. The van der Waals surface area contributed by atoms with Crippen LogP contribution in [-0.2, 0) is 31.6 Å². The van der Waals surface area contributed by atoms with Crippen molar-refractivity contribution in [2.75, 3.05) is 20.2 Å². The summed E-state index contributed by atoms with van der Waals surface area (Å²) in [7, 11) is -2.20. The first kappa shape index (κ1) is 31.5. The van der Waals surface area contributed by atoms with Gasteiger partial charge in [-0.3, -0.25) is 9.59 Å². The Hall–Kier alpha value is -2.91. The maximum atomic E-state index is 13.8. The predicted octanol–water partition coefficient (Wildman–Crippen LogP) is 4.97. The number of nitrogens with one attached hydrogen (secondary N) is 1. The molecule has 4 fully saturated rings. The van der Waals surface area contributed by atoms with Crippen LogP contribution in [0.3, 0.4) is 0 Å². The molecule has 0 aromatic heterocycles. The number of fused-ring (bicyclic) bond motifs is 2. The van der Waals surface area contributed by atoms with Gasteiger partial charge in [0, 0.05) is 37.2 Å². The molecule has 1 N–H and O–H groups in total. The van der Waals surface area contributed by atoms with Crippen molar-refractivity contribution in [3.8, 4) is 5.75 Å². The third-order valence-corrected chi connectivity index (χ3v) is 12.6. The summed E-state index contributed by atoms with van der Waals surface area (Å²) < 4.78 is 34.1. The summed E-state index contributed by atoms with van der Waals surface area (Å²) in [5.41, 5.74) is 2.53. The van der Waals surface area contributed by atoms with E-state index in [1.165, 1.54) is 22.7 Å². The topological polar surface area (TPSA) is 96.0 Å². The highest BCUT2D eigenvalue weighted by molar-refractivity contribution is 7.89. The quantitative estimate of drug-likeness (QED) is 0.456. The van der Waals surface area contributed by atoms with Crippen molar-refractivity contribution in [3.63, 3.8) is 0 Å². The van der Waals surface area contributed by atoms with Gasteiger partial charge in [0.1, 0.15) is 11.8 Å². The Kier molecular flexibility index (Phi) is 8.46. The lowest BCUT2D eigenvalue weighted by Gasteiger charge is -2.64. The van der Waals surface area contributed by atoms with E-state index in [2.05, 4.69) is 38.2 Å². The number of amides is 2. The minimum atomic E-state index is -3.84. The van der Waals surface area contributed by atoms with E-state index < -0.39 is 22.1 Å². The first-order chi connectivity index (χ1) is 20.2. The van der Waals surface area contributed by atoms with Gasteiger partial charge in [0.2, 0.25) is 21.8 Å². The summed E-state index contributed by atoms with van der Waals surface area (Å²) >= 11 is 0. The summed E-state index contributed by atoms with van der Waals surface area (Å²) in [5, 5.41) is 3.00. The van der Waals surface area contributed by atoms with Crippen LogP contribution in [-0.4, -0.2) is 61.7 Å². The molecule has 2 amide bonds. The van der Waals surface area contributed by atoms with Gasteiger partial charge in [-0.2, -0.15) is 4.31 Å². The van der Waals surface area contributed by atoms with Gasteiger partial charge in [-0.25, -0.2) is 8.42 Å². The fourth-order valence-electron chi connectivity index (χ4n) is 7.99. The monoisotopic (exact) mass is 609 g/mol. The van der Waals surface area contributed by atoms with Crippen LogP contribution >= 0.6 is 0 Å². The number of carbonyl (C=O) groups excluding carboxylic acids is 2. The number of sulfonamides is 1. The zero-order valence-electron chi connectivity index (χ0n) is 26.6. The molecule has 1 aliphatic heterocycles. The Morgan fingerprint density at radius 1 is 1.07 bits per heavy atom. The van der Waals surface area contributed by atoms with Crippen LogP contribution in [0.15, 0.2) is 53.4 Å². The first-order valence-electron chi connectivity index (χ1n) is 15.5. The number of rotatable bonds is 8. The number of benzene rings is 2. The second kappa shape index (κ2) is 11.5. The van der Waals surface area contributed by atoms with E-state index in [0.29, 0.717) is 11.3 Å². The fourth-order valence-corrected chi connectivity index (χ4v) is 9.54. The Labute approximate surface area is 257 Å². The highest BCUT2D eigenvalue weighted by Crippen LogP contribution is 2.66. The largest absolute Gasteiger partial charge is 0.496 e. The van der Waals surface area contributed by atoms with Gasteiger partial charge >= 0.3 is 0 Å². The van der Waals surface area contributed by atoms with Crippen LogP contribution in [0.25, 0.3) is 0 Å². The molecule has 0 radical (unpaired) electrons. The van der Waals surface area contributed by atoms with Crippen molar-refractivity contribution < 1.29 is 22.7 Å². The van der Waals surface area contributed by atoms with Crippen LogP contribution in [0.5, 0.6) is 5.75 Å². The number of piperazine rings is 1. The van der Waals surface area contributed by atoms with E-state index in [-0.39, 0.29) is 47.7 Å². The predicted molar refractivity (Wildman–Crippen MR) is 167 cm³/mol. The molecule has 5 unspecified atom stereocenters. The Bertz CT molecular complexity index is 1470. The second-order valence-electron chi connectivity index (χ2n) is 13.9. The van der Waals surface area contributed by atoms with Gasteiger partial charge in [-0.15, -0.1) is 0 Å². The van der Waals surface area contributed by atoms with Crippen molar-refractivity contribution in [3.05, 3.63) is 59.7 Å². The second-order valence-corrected chi connectivity index (χ2v) is 15.8. The molecule has 2 aromatic carbocycles. The van der Waals surface area contributed by atoms with E-state index in [4.69, 9.17) is 4.74 Å². The fraction of sp³-hybridized carbons (Fsp3) is 0.588. The third kappa shape index (κ3) is 5.48. The minimum absolute atomic E-state index is 0.0803. The lowest BCUT2D eigenvalue weighted by atomic mass is 9.40. The smallest absolute Gasteiger partial charge is 0.244 e. The molecule has 1 saturated heterocycles. The van der Waals surface area contributed by atoms with Gasteiger partial charge in [0.25, 0.3) is 0 Å². The first-order valence-corrected chi connectivity index (χ1v) is 17.0. The van der Waals surface area contributed by atoms with Crippen molar-refractivity contribution in [1.82, 2.24) is 14.5 Å². The van der Waals surface area contributed by atoms with Crippen molar-refractivity contribution in [1.29, 1.82) is 0 Å². The molecule has 8 nitrogen and oxygen atoms in total. The van der Waals surface area contributed by atoms with Crippen molar-refractivity contribution in [2.45, 2.75) is 89.7 Å². The maximum Gasteiger partial charge on any atom is 0.244 e. The molecule has 2 bridgehead atoms. The molecule has 3 saturated carbocycles. The number of nitrogens with zero attached hydrogens (tertiary/aromatic N) is 2. The molecule has 2 aromatic rings. The highest BCUT2D eigenvalue weighted by Gasteiger charge is 2.59. The van der Waals surface area contributed by atoms with E-state index >= 15 is 0 Å². The number of ether oxygens (including phenoxy) is 1. The molecule has 234 valence electrons. The molecule has 43 heavy (non-hydrogen) atoms. The SMILES string of the molecule is COc1cc(C2(C)CCC3CC2C3(C)C)ccc1CNC(=O)C1CN(S(=O)(=O)c2ccccc2)CC(C)N1C(=O)C(C)C. The molecule has 6 rings (SSSR count). The van der Waals surface area contributed by atoms with Crippen LogP contribution < -0.4 is 10.1 Å². The minimum Gasteiger partial charge on any atom is -0.496 e. The maximum absolute atomic E-state index is 13.8. The molecule has 3 aliphatic carbocycles. The lowest BCUT2D eigenvalue weighted by Crippen LogP contribution is -2.65. The van der Waals surface area contributed by atoms with E-state index in [1.807, 2.05) is 6.07 Å². The summed E-state index contributed by atoms with van der Waals surface area (Å²) in [6, 6.07) is 13.1. The summed E-state index contributed by atoms with van der Waals surface area (Å²) in [4.78, 5) is 28.8. The average Bonchev–Trinajstić information content (AvgIpc) is 2.99. The molecule has 1 heterocycles. The molecule has 9 heteroatoms.